The molecular formula is C49H88N2O11. The average Bonchev–Trinajstić information content (AvgIpc) is 3.57. The van der Waals surface area contributed by atoms with Crippen molar-refractivity contribution in [1.82, 2.24) is 10.6 Å². The molecule has 360 valence electrons. The number of alkyl carbamates (subject to hydrolysis) is 2. The molecule has 0 bridgehead atoms. The highest BCUT2D eigenvalue weighted by atomic mass is 16.6. The summed E-state index contributed by atoms with van der Waals surface area (Å²) in [5, 5.41) is 5.52. The van der Waals surface area contributed by atoms with Crippen LogP contribution in [0.25, 0.3) is 0 Å². The number of carbonyl (C=O) groups is 2. The number of amides is 2. The van der Waals surface area contributed by atoms with Crippen LogP contribution in [0, 0.1) is 46.3 Å². The molecule has 0 aliphatic heterocycles. The van der Waals surface area contributed by atoms with Crippen LogP contribution in [0.2, 0.25) is 0 Å². The Kier molecular flexibility index (Phi) is 23.3. The van der Waals surface area contributed by atoms with Gasteiger partial charge in [0, 0.05) is 19.5 Å². The summed E-state index contributed by atoms with van der Waals surface area (Å²) in [6.07, 6.45) is 15.6. The topological polar surface area (TPSA) is 141 Å². The molecule has 4 aliphatic rings. The first kappa shape index (κ1) is 52.6. The van der Waals surface area contributed by atoms with Gasteiger partial charge < -0.3 is 53.3 Å². The van der Waals surface area contributed by atoms with Gasteiger partial charge in [-0.3, -0.25) is 0 Å². The van der Waals surface area contributed by atoms with Gasteiger partial charge in [-0.1, -0.05) is 65.5 Å². The minimum atomic E-state index is -0.515. The Balaban J connectivity index is 0.914. The normalized spacial score (nSPS) is 27.5. The van der Waals surface area contributed by atoms with Crippen molar-refractivity contribution in [2.45, 2.75) is 138 Å². The maximum absolute atomic E-state index is 12.7. The van der Waals surface area contributed by atoms with Crippen molar-refractivity contribution in [3.8, 4) is 0 Å². The smallest absolute Gasteiger partial charge is 0.407 e. The van der Waals surface area contributed by atoms with Crippen LogP contribution in [0.4, 0.5) is 9.59 Å². The maximum atomic E-state index is 12.7. The van der Waals surface area contributed by atoms with E-state index in [2.05, 4.69) is 51.3 Å². The lowest BCUT2D eigenvalue weighted by molar-refractivity contribution is -0.0581. The van der Waals surface area contributed by atoms with Crippen molar-refractivity contribution in [1.29, 1.82) is 0 Å². The third-order valence-electron chi connectivity index (χ3n) is 14.2. The molecule has 0 heterocycles. The first-order valence-electron chi connectivity index (χ1n) is 24.4. The number of hydrogen-bond donors (Lipinski definition) is 2. The van der Waals surface area contributed by atoms with Crippen LogP contribution in [0.15, 0.2) is 11.6 Å². The van der Waals surface area contributed by atoms with Gasteiger partial charge in [-0.2, -0.15) is 0 Å². The van der Waals surface area contributed by atoms with Gasteiger partial charge in [0.05, 0.1) is 92.5 Å². The molecule has 0 saturated heterocycles. The monoisotopic (exact) mass is 881 g/mol. The first-order valence-corrected chi connectivity index (χ1v) is 24.4. The third-order valence-corrected chi connectivity index (χ3v) is 14.2. The minimum absolute atomic E-state index is 0.0523. The molecule has 0 aromatic heterocycles. The largest absolute Gasteiger partial charge is 0.446 e. The fourth-order valence-corrected chi connectivity index (χ4v) is 11.1. The van der Waals surface area contributed by atoms with E-state index in [1.165, 1.54) is 51.4 Å². The number of rotatable bonds is 30. The Morgan fingerprint density at radius 2 is 1.18 bits per heavy atom. The second-order valence-corrected chi connectivity index (χ2v) is 20.2. The summed E-state index contributed by atoms with van der Waals surface area (Å²) in [6.45, 7) is 25.2. The van der Waals surface area contributed by atoms with E-state index in [1.807, 2.05) is 20.8 Å². The van der Waals surface area contributed by atoms with Crippen LogP contribution in [0.5, 0.6) is 0 Å². The van der Waals surface area contributed by atoms with E-state index in [1.54, 1.807) is 5.57 Å². The van der Waals surface area contributed by atoms with E-state index in [-0.39, 0.29) is 17.6 Å². The number of hydrogen-bond acceptors (Lipinski definition) is 11. The van der Waals surface area contributed by atoms with E-state index in [0.717, 1.165) is 54.8 Å². The lowest BCUT2D eigenvalue weighted by Gasteiger charge is -2.58. The van der Waals surface area contributed by atoms with Gasteiger partial charge in [-0.05, 0) is 112 Å². The zero-order valence-corrected chi connectivity index (χ0v) is 40.2. The summed E-state index contributed by atoms with van der Waals surface area (Å²) >= 11 is 0. The maximum Gasteiger partial charge on any atom is 0.407 e. The summed E-state index contributed by atoms with van der Waals surface area (Å²) in [6, 6.07) is 0. The Morgan fingerprint density at radius 1 is 0.661 bits per heavy atom. The summed E-state index contributed by atoms with van der Waals surface area (Å²) in [5.41, 5.74) is 1.79. The van der Waals surface area contributed by atoms with Crippen molar-refractivity contribution >= 4 is 12.2 Å². The number of allylic oxidation sites excluding steroid dienone is 1. The highest BCUT2D eigenvalue weighted by Gasteiger charge is 2.59. The number of ether oxygens (including phenoxy) is 9. The highest BCUT2D eigenvalue weighted by Crippen LogP contribution is 2.67. The summed E-state index contributed by atoms with van der Waals surface area (Å²) in [5.74, 6) is 4.97. The van der Waals surface area contributed by atoms with Gasteiger partial charge >= 0.3 is 12.2 Å². The minimum Gasteiger partial charge on any atom is -0.446 e. The van der Waals surface area contributed by atoms with Gasteiger partial charge in [0.25, 0.3) is 0 Å². The summed E-state index contributed by atoms with van der Waals surface area (Å²) in [7, 11) is 0. The molecule has 0 aromatic rings. The molecule has 0 aromatic carbocycles. The zero-order valence-electron chi connectivity index (χ0n) is 40.2. The van der Waals surface area contributed by atoms with E-state index in [9.17, 15) is 9.59 Å². The standard InChI is InChI=1S/C49H88N2O11/c1-37(2)10-9-11-38(3)42-14-15-43-41-13-12-39-36-40(16-18-48(39,7)44(41)17-19-49(42,43)8)61-45(52)50-20-22-54-24-26-56-28-30-58-32-34-60-35-33-59-31-29-57-27-25-55-23-21-51-46(53)62-47(4,5)6/h12,37-38,40-44H,9-11,13-36H2,1-8H3,(H,50,52)(H,51,53)/t38?,40?,41-,42?,43?,44?,48-,49+/m0/s1. The van der Waals surface area contributed by atoms with Crippen molar-refractivity contribution in [3.05, 3.63) is 11.6 Å². The van der Waals surface area contributed by atoms with Crippen LogP contribution in [-0.2, 0) is 42.6 Å². The predicted octanol–water partition coefficient (Wildman–Crippen LogP) is 8.76. The van der Waals surface area contributed by atoms with Crippen molar-refractivity contribution < 1.29 is 52.2 Å². The van der Waals surface area contributed by atoms with Gasteiger partial charge in [0.15, 0.2) is 0 Å². The first-order chi connectivity index (χ1) is 29.7. The Hall–Kier alpha value is -2.00. The molecule has 3 fully saturated rings. The van der Waals surface area contributed by atoms with Crippen molar-refractivity contribution in [2.24, 2.45) is 46.3 Å². The third kappa shape index (κ3) is 17.8. The van der Waals surface area contributed by atoms with E-state index >= 15 is 0 Å². The fourth-order valence-electron chi connectivity index (χ4n) is 11.1. The molecule has 2 N–H and O–H groups in total. The summed E-state index contributed by atoms with van der Waals surface area (Å²) in [4.78, 5) is 24.3. The lowest BCUT2D eigenvalue weighted by Crippen LogP contribution is -2.51. The van der Waals surface area contributed by atoms with E-state index in [4.69, 9.17) is 42.6 Å². The molecule has 13 heteroatoms. The second-order valence-electron chi connectivity index (χ2n) is 20.2. The molecule has 5 unspecified atom stereocenters. The van der Waals surface area contributed by atoms with Gasteiger partial charge in [-0.15, -0.1) is 0 Å². The highest BCUT2D eigenvalue weighted by molar-refractivity contribution is 5.67. The van der Waals surface area contributed by atoms with Crippen LogP contribution in [-0.4, -0.2) is 129 Å². The molecule has 2 amide bonds. The zero-order chi connectivity index (χ0) is 44.9. The molecule has 4 rings (SSSR count). The molecule has 13 nitrogen and oxygen atoms in total. The molecule has 0 spiro atoms. The molecule has 0 radical (unpaired) electrons. The lowest BCUT2D eigenvalue weighted by atomic mass is 9.47. The summed E-state index contributed by atoms with van der Waals surface area (Å²) < 4.78 is 49.8. The van der Waals surface area contributed by atoms with Gasteiger partial charge in [0.2, 0.25) is 0 Å². The Labute approximate surface area is 375 Å². The van der Waals surface area contributed by atoms with Crippen LogP contribution < -0.4 is 10.6 Å². The predicted molar refractivity (Wildman–Crippen MR) is 241 cm³/mol. The number of nitrogens with one attached hydrogen (secondary N) is 2. The SMILES string of the molecule is CC(C)CCCC(C)C1CCC2[C@@H]3CC=C4CC(OC(=O)NCCOCCOCCOCCOCCOCCOCCOCCNC(=O)OC(C)(C)C)CC[C@]4(C)C3CC[C@]12C. The van der Waals surface area contributed by atoms with Crippen molar-refractivity contribution in [3.63, 3.8) is 0 Å². The van der Waals surface area contributed by atoms with Crippen LogP contribution >= 0.6 is 0 Å². The second kappa shape index (κ2) is 27.5. The number of fused-ring (bicyclic) bond motifs is 5. The van der Waals surface area contributed by atoms with Gasteiger partial charge in [-0.25, -0.2) is 9.59 Å². The average molecular weight is 881 g/mol. The van der Waals surface area contributed by atoms with Crippen LogP contribution in [0.1, 0.15) is 126 Å². The van der Waals surface area contributed by atoms with E-state index < -0.39 is 11.7 Å². The Morgan fingerprint density at radius 3 is 1.69 bits per heavy atom. The van der Waals surface area contributed by atoms with Gasteiger partial charge in [0.1, 0.15) is 11.7 Å². The molecule has 4 aliphatic carbocycles. The fraction of sp³-hybridized carbons (Fsp3) is 0.918. The Bertz CT molecular complexity index is 1310. The number of carbonyl (C=O) groups excluding carboxylic acids is 2. The molecular weight excluding hydrogens is 793 g/mol. The molecule has 62 heavy (non-hydrogen) atoms. The van der Waals surface area contributed by atoms with Crippen molar-refractivity contribution in [2.75, 3.05) is 106 Å². The molecule has 8 atom stereocenters. The van der Waals surface area contributed by atoms with E-state index in [0.29, 0.717) is 111 Å². The molecule has 3 saturated carbocycles. The van der Waals surface area contributed by atoms with Crippen LogP contribution in [0.3, 0.4) is 0 Å². The quantitative estimate of drug-likeness (QED) is 0.0529.